The average molecular weight is 467 g/mol. The molecular formula is C25H30N4OS2. The monoisotopic (exact) mass is 466 g/mol. The second kappa shape index (κ2) is 10.0. The Hall–Kier alpha value is -2.38. The first-order valence-corrected chi connectivity index (χ1v) is 12.9. The maximum absolute atomic E-state index is 13.4. The molecule has 1 saturated heterocycles. The van der Waals surface area contributed by atoms with Gasteiger partial charge in [0.05, 0.1) is 16.4 Å². The number of fused-ring (bicyclic) bond motifs is 1. The van der Waals surface area contributed by atoms with E-state index in [4.69, 9.17) is 4.99 Å². The van der Waals surface area contributed by atoms with Crippen molar-refractivity contribution in [2.45, 2.75) is 38.5 Å². The highest BCUT2D eigenvalue weighted by molar-refractivity contribution is 8.19. The molecule has 0 saturated carbocycles. The molecule has 168 valence electrons. The molecule has 0 N–H and O–H groups in total. The Kier molecular flexibility index (Phi) is 7.16. The molecule has 2 aromatic rings. The fourth-order valence-electron chi connectivity index (χ4n) is 3.87. The summed E-state index contributed by atoms with van der Waals surface area (Å²) in [6.07, 6.45) is 1.99. The van der Waals surface area contributed by atoms with Crippen LogP contribution in [0.15, 0.2) is 68.4 Å². The van der Waals surface area contributed by atoms with Crippen LogP contribution in [0.3, 0.4) is 0 Å². The normalized spacial score (nSPS) is 19.2. The van der Waals surface area contributed by atoms with Crippen molar-refractivity contribution in [2.24, 2.45) is 4.99 Å². The average Bonchev–Trinajstić information content (AvgIpc) is 3.30. The zero-order valence-corrected chi connectivity index (χ0v) is 20.8. The highest BCUT2D eigenvalue weighted by Crippen LogP contribution is 2.50. The lowest BCUT2D eigenvalue weighted by atomic mass is 10.2. The van der Waals surface area contributed by atoms with Gasteiger partial charge in [0, 0.05) is 37.3 Å². The Morgan fingerprint density at radius 1 is 0.969 bits per heavy atom. The highest BCUT2D eigenvalue weighted by Gasteiger charge is 2.38. The van der Waals surface area contributed by atoms with Gasteiger partial charge in [-0.1, -0.05) is 37.2 Å². The van der Waals surface area contributed by atoms with E-state index in [1.807, 2.05) is 36.2 Å². The van der Waals surface area contributed by atoms with Gasteiger partial charge >= 0.3 is 0 Å². The van der Waals surface area contributed by atoms with Crippen molar-refractivity contribution in [1.29, 1.82) is 0 Å². The largest absolute Gasteiger partial charge is 0.372 e. The molecule has 2 aliphatic rings. The van der Waals surface area contributed by atoms with Crippen molar-refractivity contribution in [3.05, 3.63) is 58.5 Å². The maximum Gasteiger partial charge on any atom is 0.269 e. The fourth-order valence-corrected chi connectivity index (χ4v) is 6.24. The van der Waals surface area contributed by atoms with Crippen LogP contribution in [0.4, 0.5) is 17.1 Å². The second-order valence-electron chi connectivity index (χ2n) is 7.76. The number of hydrogen-bond donors (Lipinski definition) is 0. The summed E-state index contributed by atoms with van der Waals surface area (Å²) < 4.78 is 0. The van der Waals surface area contributed by atoms with E-state index in [0.29, 0.717) is 6.54 Å². The van der Waals surface area contributed by atoms with Gasteiger partial charge in [-0.25, -0.2) is 4.99 Å². The lowest BCUT2D eigenvalue weighted by Crippen LogP contribution is -2.30. The van der Waals surface area contributed by atoms with E-state index >= 15 is 0 Å². The van der Waals surface area contributed by atoms with Gasteiger partial charge in [-0.05, 0) is 68.4 Å². The number of carbonyl (C=O) groups excluding carboxylic acids is 1. The van der Waals surface area contributed by atoms with Gasteiger partial charge in [0.15, 0.2) is 5.17 Å². The number of rotatable bonds is 7. The number of amidine groups is 1. The molecule has 32 heavy (non-hydrogen) atoms. The molecule has 7 heteroatoms. The Labute approximate surface area is 199 Å². The van der Waals surface area contributed by atoms with Gasteiger partial charge in [0.2, 0.25) is 0 Å². The summed E-state index contributed by atoms with van der Waals surface area (Å²) in [5, 5.41) is 1.76. The van der Waals surface area contributed by atoms with Crippen LogP contribution in [0, 0.1) is 0 Å². The van der Waals surface area contributed by atoms with E-state index in [1.165, 1.54) is 22.3 Å². The van der Waals surface area contributed by atoms with Gasteiger partial charge < -0.3 is 9.80 Å². The number of anilines is 2. The van der Waals surface area contributed by atoms with Crippen LogP contribution < -0.4 is 9.80 Å². The molecule has 0 unspecified atom stereocenters. The molecule has 2 aliphatic heterocycles. The molecule has 0 bridgehead atoms. The van der Waals surface area contributed by atoms with E-state index in [9.17, 15) is 4.79 Å². The molecular weight excluding hydrogens is 436 g/mol. The number of nitrogens with zero attached hydrogens (tertiary/aromatic N) is 4. The van der Waals surface area contributed by atoms with Crippen LogP contribution in [0.1, 0.15) is 33.6 Å². The summed E-state index contributed by atoms with van der Waals surface area (Å²) >= 11 is 3.16. The SMILES string of the molecule is CCCCN1C(=O)C(=C2Sc3ccccc3N2C)SC1=Nc1ccc(N(CC)CC)cc1. The Morgan fingerprint density at radius 2 is 1.69 bits per heavy atom. The highest BCUT2D eigenvalue weighted by atomic mass is 32.2. The fraction of sp³-hybridized carbons (Fsp3) is 0.360. The molecule has 5 nitrogen and oxygen atoms in total. The Morgan fingerprint density at radius 3 is 2.34 bits per heavy atom. The third kappa shape index (κ3) is 4.41. The molecule has 1 amide bonds. The topological polar surface area (TPSA) is 39.2 Å². The number of hydrogen-bond acceptors (Lipinski definition) is 6. The zero-order valence-electron chi connectivity index (χ0n) is 19.2. The third-order valence-electron chi connectivity index (χ3n) is 5.73. The van der Waals surface area contributed by atoms with Crippen molar-refractivity contribution in [2.75, 3.05) is 36.5 Å². The van der Waals surface area contributed by atoms with Gasteiger partial charge in [-0.2, -0.15) is 0 Å². The van der Waals surface area contributed by atoms with Crippen molar-refractivity contribution >= 4 is 51.7 Å². The standard InChI is InChI=1S/C25H30N4OS2/c1-5-8-17-29-23(30)22(24-27(4)20-11-9-10-12-21(20)31-24)32-25(29)26-18-13-15-19(16-14-18)28(6-2)7-3/h9-16H,5-8,17H2,1-4H3. The van der Waals surface area contributed by atoms with Crippen molar-refractivity contribution < 1.29 is 4.79 Å². The Balaban J connectivity index is 1.65. The van der Waals surface area contributed by atoms with Crippen molar-refractivity contribution in [3.8, 4) is 0 Å². The molecule has 0 radical (unpaired) electrons. The predicted molar refractivity (Wildman–Crippen MR) is 139 cm³/mol. The molecule has 1 fully saturated rings. The molecule has 2 heterocycles. The summed E-state index contributed by atoms with van der Waals surface area (Å²) in [6, 6.07) is 16.6. The minimum absolute atomic E-state index is 0.0594. The van der Waals surface area contributed by atoms with Crippen LogP contribution in [0.25, 0.3) is 0 Å². The number of benzene rings is 2. The van der Waals surface area contributed by atoms with E-state index in [2.05, 4.69) is 54.8 Å². The van der Waals surface area contributed by atoms with Gasteiger partial charge in [-0.3, -0.25) is 9.69 Å². The number of thioether (sulfide) groups is 2. The van der Waals surface area contributed by atoms with Crippen molar-refractivity contribution in [1.82, 2.24) is 4.90 Å². The number of aliphatic imine (C=N–C) groups is 1. The lowest BCUT2D eigenvalue weighted by Gasteiger charge is -2.21. The van der Waals surface area contributed by atoms with Crippen molar-refractivity contribution in [3.63, 3.8) is 0 Å². The molecule has 0 aromatic heterocycles. The number of amides is 1. The van der Waals surface area contributed by atoms with Crippen LogP contribution in [-0.2, 0) is 4.79 Å². The van der Waals surface area contributed by atoms with Gasteiger partial charge in [0.1, 0.15) is 4.91 Å². The first-order valence-electron chi connectivity index (χ1n) is 11.3. The minimum Gasteiger partial charge on any atom is -0.372 e. The maximum atomic E-state index is 13.4. The smallest absolute Gasteiger partial charge is 0.269 e. The molecule has 0 atom stereocenters. The van der Waals surface area contributed by atoms with Crippen LogP contribution in [0.5, 0.6) is 0 Å². The van der Waals surface area contributed by atoms with Crippen LogP contribution >= 0.6 is 23.5 Å². The predicted octanol–water partition coefficient (Wildman–Crippen LogP) is 6.31. The third-order valence-corrected chi connectivity index (χ3v) is 8.17. The van der Waals surface area contributed by atoms with Gasteiger partial charge in [0.25, 0.3) is 5.91 Å². The summed E-state index contributed by atoms with van der Waals surface area (Å²) in [4.78, 5) is 26.6. The van der Waals surface area contributed by atoms with Crippen LogP contribution in [0.2, 0.25) is 0 Å². The quantitative estimate of drug-likeness (QED) is 0.447. The second-order valence-corrected chi connectivity index (χ2v) is 9.77. The van der Waals surface area contributed by atoms with E-state index in [-0.39, 0.29) is 5.91 Å². The first-order chi connectivity index (χ1) is 15.6. The van der Waals surface area contributed by atoms with E-state index in [1.54, 1.807) is 11.8 Å². The molecule has 2 aromatic carbocycles. The van der Waals surface area contributed by atoms with Crippen LogP contribution in [-0.4, -0.2) is 42.7 Å². The summed E-state index contributed by atoms with van der Waals surface area (Å²) in [7, 11) is 2.03. The van der Waals surface area contributed by atoms with E-state index in [0.717, 1.165) is 52.4 Å². The minimum atomic E-state index is 0.0594. The molecule has 4 rings (SSSR count). The summed E-state index contributed by atoms with van der Waals surface area (Å²) in [5.74, 6) is 0.0594. The Bertz CT molecular complexity index is 1040. The number of unbranched alkanes of at least 4 members (excludes halogenated alkanes) is 1. The first kappa shape index (κ1) is 22.8. The van der Waals surface area contributed by atoms with Gasteiger partial charge in [-0.15, -0.1) is 0 Å². The van der Waals surface area contributed by atoms with E-state index < -0.39 is 0 Å². The molecule has 0 spiro atoms. The number of carbonyl (C=O) groups is 1. The number of para-hydroxylation sites is 1. The summed E-state index contributed by atoms with van der Waals surface area (Å²) in [6.45, 7) is 9.11. The summed E-state index contributed by atoms with van der Waals surface area (Å²) in [5.41, 5.74) is 3.21. The zero-order chi connectivity index (χ0) is 22.7. The lowest BCUT2D eigenvalue weighted by molar-refractivity contribution is -0.122. The molecule has 0 aliphatic carbocycles.